The fraction of sp³-hybridized carbons (Fsp3) is 0.263. The lowest BCUT2D eigenvalue weighted by atomic mass is 9.84. The van der Waals surface area contributed by atoms with Gasteiger partial charge in [0.2, 0.25) is 0 Å². The molecule has 0 spiro atoms. The molecule has 24 heavy (non-hydrogen) atoms. The van der Waals surface area contributed by atoms with Crippen molar-refractivity contribution in [2.45, 2.75) is 26.7 Å². The molecule has 0 unspecified atom stereocenters. The molecule has 0 radical (unpaired) electrons. The maximum atomic E-state index is 11.6. The first-order chi connectivity index (χ1) is 11.5. The zero-order chi connectivity index (χ0) is 17.3. The Morgan fingerprint density at radius 3 is 2.12 bits per heavy atom. The summed E-state index contributed by atoms with van der Waals surface area (Å²) in [5.74, 6) is 0.464. The second-order valence-corrected chi connectivity index (χ2v) is 5.61. The van der Waals surface area contributed by atoms with Crippen molar-refractivity contribution in [3.8, 4) is 28.4 Å². The van der Waals surface area contributed by atoms with E-state index in [1.807, 2.05) is 18.2 Å². The van der Waals surface area contributed by atoms with Crippen molar-refractivity contribution in [3.63, 3.8) is 0 Å². The van der Waals surface area contributed by atoms with Gasteiger partial charge in [-0.1, -0.05) is 18.2 Å². The zero-order valence-corrected chi connectivity index (χ0v) is 13.8. The summed E-state index contributed by atoms with van der Waals surface area (Å²) in [7, 11) is 1.52. The predicted octanol–water partition coefficient (Wildman–Crippen LogP) is 3.31. The largest absolute Gasteiger partial charge is 0.493 e. The minimum atomic E-state index is -0.432. The molecule has 1 aliphatic rings. The molecule has 0 saturated heterocycles. The van der Waals surface area contributed by atoms with Crippen molar-refractivity contribution < 1.29 is 23.8 Å². The third-order valence-corrected chi connectivity index (χ3v) is 3.95. The molecular formula is C19H18O5. The molecule has 3 rings (SSSR count). The quantitative estimate of drug-likeness (QED) is 0.640. The van der Waals surface area contributed by atoms with Crippen molar-refractivity contribution >= 4 is 11.9 Å². The van der Waals surface area contributed by atoms with E-state index in [0.29, 0.717) is 17.2 Å². The number of methoxy groups -OCH3 is 1. The average molecular weight is 326 g/mol. The Hall–Kier alpha value is -2.82. The van der Waals surface area contributed by atoms with Gasteiger partial charge in [0.15, 0.2) is 11.5 Å². The van der Waals surface area contributed by atoms with Crippen LogP contribution in [0, 0.1) is 0 Å². The highest BCUT2D eigenvalue weighted by Crippen LogP contribution is 2.48. The summed E-state index contributed by atoms with van der Waals surface area (Å²) in [6, 6.07) is 9.33. The Kier molecular flexibility index (Phi) is 4.25. The van der Waals surface area contributed by atoms with Crippen LogP contribution in [-0.2, 0) is 22.4 Å². The highest BCUT2D eigenvalue weighted by atomic mass is 16.6. The van der Waals surface area contributed by atoms with Gasteiger partial charge in [-0.05, 0) is 36.1 Å². The summed E-state index contributed by atoms with van der Waals surface area (Å²) in [6.07, 6.45) is 1.63. The molecule has 2 aromatic carbocycles. The van der Waals surface area contributed by atoms with Crippen molar-refractivity contribution in [1.82, 2.24) is 0 Å². The Labute approximate surface area is 140 Å². The SMILES string of the molecule is COc1ccc2c(c1OC(C)=O)-c1c(cccc1OC(C)=O)CC2. The molecule has 2 aromatic rings. The van der Waals surface area contributed by atoms with Crippen LogP contribution in [0.5, 0.6) is 17.2 Å². The molecule has 0 atom stereocenters. The van der Waals surface area contributed by atoms with E-state index in [1.165, 1.54) is 21.0 Å². The maximum Gasteiger partial charge on any atom is 0.308 e. The molecule has 0 bridgehead atoms. The average Bonchev–Trinajstić information content (AvgIpc) is 2.54. The standard InChI is InChI=1S/C19H18O5/c1-11(20)23-15-6-4-5-13-7-8-14-9-10-16(22-3)19(24-12(2)21)18(14)17(13)15/h4-6,9-10H,7-8H2,1-3H3. The van der Waals surface area contributed by atoms with Gasteiger partial charge in [0.05, 0.1) is 7.11 Å². The Morgan fingerprint density at radius 2 is 1.50 bits per heavy atom. The molecule has 0 amide bonds. The summed E-state index contributed by atoms with van der Waals surface area (Å²) in [5, 5.41) is 0. The lowest BCUT2D eigenvalue weighted by Crippen LogP contribution is -2.12. The van der Waals surface area contributed by atoms with E-state index in [2.05, 4.69) is 0 Å². The molecule has 0 N–H and O–H groups in total. The summed E-state index contributed by atoms with van der Waals surface area (Å²) < 4.78 is 16.2. The van der Waals surface area contributed by atoms with E-state index < -0.39 is 11.9 Å². The number of ether oxygens (including phenoxy) is 3. The van der Waals surface area contributed by atoms with E-state index in [9.17, 15) is 9.59 Å². The molecule has 0 heterocycles. The fourth-order valence-corrected chi connectivity index (χ4v) is 3.07. The zero-order valence-electron chi connectivity index (χ0n) is 13.8. The van der Waals surface area contributed by atoms with Gasteiger partial charge in [-0.2, -0.15) is 0 Å². The van der Waals surface area contributed by atoms with E-state index in [1.54, 1.807) is 12.1 Å². The minimum absolute atomic E-state index is 0.364. The van der Waals surface area contributed by atoms with Crippen LogP contribution in [0.1, 0.15) is 25.0 Å². The summed E-state index contributed by atoms with van der Waals surface area (Å²) >= 11 is 0. The molecule has 0 fully saturated rings. The van der Waals surface area contributed by atoms with Gasteiger partial charge in [-0.25, -0.2) is 0 Å². The first-order valence-electron chi connectivity index (χ1n) is 7.70. The van der Waals surface area contributed by atoms with E-state index in [4.69, 9.17) is 14.2 Å². The number of carbonyl (C=O) groups is 2. The maximum absolute atomic E-state index is 11.6. The number of esters is 2. The Morgan fingerprint density at radius 1 is 0.833 bits per heavy atom. The van der Waals surface area contributed by atoms with Crippen LogP contribution in [0.3, 0.4) is 0 Å². The van der Waals surface area contributed by atoms with Gasteiger partial charge >= 0.3 is 11.9 Å². The van der Waals surface area contributed by atoms with Crippen LogP contribution in [0.4, 0.5) is 0 Å². The Bertz CT molecular complexity index is 823. The van der Waals surface area contributed by atoms with Crippen LogP contribution in [0.2, 0.25) is 0 Å². The van der Waals surface area contributed by atoms with Crippen molar-refractivity contribution in [2.75, 3.05) is 7.11 Å². The monoisotopic (exact) mass is 326 g/mol. The van der Waals surface area contributed by atoms with Crippen molar-refractivity contribution in [3.05, 3.63) is 41.5 Å². The van der Waals surface area contributed by atoms with Crippen molar-refractivity contribution in [1.29, 1.82) is 0 Å². The third kappa shape index (κ3) is 2.85. The number of carbonyl (C=O) groups excluding carboxylic acids is 2. The van der Waals surface area contributed by atoms with Crippen LogP contribution >= 0.6 is 0 Å². The lowest BCUT2D eigenvalue weighted by molar-refractivity contribution is -0.133. The number of rotatable bonds is 3. The van der Waals surface area contributed by atoms with E-state index >= 15 is 0 Å². The third-order valence-electron chi connectivity index (χ3n) is 3.95. The second kappa shape index (κ2) is 6.35. The van der Waals surface area contributed by atoms with Crippen LogP contribution in [0.15, 0.2) is 30.3 Å². The summed E-state index contributed by atoms with van der Waals surface area (Å²) in [6.45, 7) is 2.71. The number of fused-ring (bicyclic) bond motifs is 3. The topological polar surface area (TPSA) is 61.8 Å². The van der Waals surface area contributed by atoms with Gasteiger partial charge < -0.3 is 14.2 Å². The van der Waals surface area contributed by atoms with Crippen LogP contribution < -0.4 is 14.2 Å². The second-order valence-electron chi connectivity index (χ2n) is 5.61. The van der Waals surface area contributed by atoms with Gasteiger partial charge in [-0.3, -0.25) is 9.59 Å². The molecule has 5 nitrogen and oxygen atoms in total. The number of hydrogen-bond acceptors (Lipinski definition) is 5. The van der Waals surface area contributed by atoms with E-state index in [0.717, 1.165) is 35.1 Å². The first-order valence-corrected chi connectivity index (χ1v) is 7.70. The number of aryl methyl sites for hydroxylation is 2. The summed E-state index contributed by atoms with van der Waals surface area (Å²) in [4.78, 5) is 23.0. The molecule has 124 valence electrons. The van der Waals surface area contributed by atoms with Crippen molar-refractivity contribution in [2.24, 2.45) is 0 Å². The number of hydrogen-bond donors (Lipinski definition) is 0. The minimum Gasteiger partial charge on any atom is -0.493 e. The van der Waals surface area contributed by atoms with Crippen LogP contribution in [0.25, 0.3) is 11.1 Å². The molecule has 0 aliphatic heterocycles. The summed E-state index contributed by atoms with van der Waals surface area (Å²) in [5.41, 5.74) is 3.61. The number of benzene rings is 2. The highest BCUT2D eigenvalue weighted by molar-refractivity contribution is 5.88. The van der Waals surface area contributed by atoms with Gasteiger partial charge in [0.1, 0.15) is 5.75 Å². The smallest absolute Gasteiger partial charge is 0.308 e. The Balaban J connectivity index is 2.29. The van der Waals surface area contributed by atoms with Gasteiger partial charge in [0, 0.05) is 25.0 Å². The van der Waals surface area contributed by atoms with Crippen LogP contribution in [-0.4, -0.2) is 19.0 Å². The van der Waals surface area contributed by atoms with E-state index in [-0.39, 0.29) is 0 Å². The fourth-order valence-electron chi connectivity index (χ4n) is 3.07. The highest BCUT2D eigenvalue weighted by Gasteiger charge is 2.27. The molecule has 1 aliphatic carbocycles. The van der Waals surface area contributed by atoms with Gasteiger partial charge in [-0.15, -0.1) is 0 Å². The molecule has 0 aromatic heterocycles. The first kappa shape index (κ1) is 16.1. The molecule has 5 heteroatoms. The molecular weight excluding hydrogens is 308 g/mol. The van der Waals surface area contributed by atoms with Gasteiger partial charge in [0.25, 0.3) is 0 Å². The normalized spacial score (nSPS) is 12.0. The lowest BCUT2D eigenvalue weighted by Gasteiger charge is -2.25. The molecule has 0 saturated carbocycles. The predicted molar refractivity (Wildman–Crippen MR) is 88.5 cm³/mol.